The lowest BCUT2D eigenvalue weighted by Gasteiger charge is -2.42. The highest BCUT2D eigenvalue weighted by molar-refractivity contribution is 5.87. The van der Waals surface area contributed by atoms with Crippen LogP contribution in [0.2, 0.25) is 0 Å². The number of aliphatic hydroxyl groups is 10. The Hall–Kier alpha value is -1.79. The molecule has 0 bridgehead atoms. The average Bonchev–Trinajstić information content (AvgIpc) is 3.13. The number of hydrogen-bond donors (Lipinski definition) is 10. The molecule has 14 heteroatoms. The van der Waals surface area contributed by atoms with Crippen molar-refractivity contribution in [3.8, 4) is 0 Å². The van der Waals surface area contributed by atoms with Gasteiger partial charge in [-0.3, -0.25) is 0 Å². The zero-order valence-electron chi connectivity index (χ0n) is 33.9. The van der Waals surface area contributed by atoms with E-state index in [4.69, 9.17) is 19.3 Å². The van der Waals surface area contributed by atoms with E-state index in [2.05, 4.69) is 20.8 Å². The van der Waals surface area contributed by atoms with Crippen LogP contribution in [0.3, 0.4) is 0 Å². The van der Waals surface area contributed by atoms with Crippen molar-refractivity contribution < 1.29 is 70.1 Å². The van der Waals surface area contributed by atoms with Crippen LogP contribution in [0.15, 0.2) is 34.9 Å². The molecule has 54 heavy (non-hydrogen) atoms. The van der Waals surface area contributed by atoms with Crippen molar-refractivity contribution in [3.05, 3.63) is 34.9 Å². The zero-order valence-corrected chi connectivity index (χ0v) is 33.9. The van der Waals surface area contributed by atoms with E-state index in [-0.39, 0.29) is 17.4 Å². The van der Waals surface area contributed by atoms with Crippen molar-refractivity contribution >= 4 is 5.97 Å². The fourth-order valence-electron chi connectivity index (χ4n) is 7.16. The van der Waals surface area contributed by atoms with Crippen molar-refractivity contribution in [1.82, 2.24) is 0 Å². The summed E-state index contributed by atoms with van der Waals surface area (Å²) in [6.45, 7) is 17.0. The van der Waals surface area contributed by atoms with Gasteiger partial charge in [0, 0.05) is 23.3 Å². The Morgan fingerprint density at radius 2 is 1.26 bits per heavy atom. The highest BCUT2D eigenvalue weighted by Crippen LogP contribution is 2.33. The van der Waals surface area contributed by atoms with Gasteiger partial charge in [-0.05, 0) is 62.5 Å². The van der Waals surface area contributed by atoms with Crippen LogP contribution in [0.5, 0.6) is 0 Å². The van der Waals surface area contributed by atoms with E-state index in [9.17, 15) is 50.8 Å². The fourth-order valence-corrected chi connectivity index (χ4v) is 7.16. The molecule has 316 valence electrons. The minimum absolute atomic E-state index is 0.0477. The van der Waals surface area contributed by atoms with Crippen molar-refractivity contribution in [1.29, 1.82) is 0 Å². The molecule has 0 amide bonds. The van der Waals surface area contributed by atoms with Crippen LogP contribution >= 0.6 is 0 Å². The maximum atomic E-state index is 12.5. The van der Waals surface area contributed by atoms with Crippen LogP contribution in [-0.4, -0.2) is 144 Å². The molecule has 0 spiro atoms. The third kappa shape index (κ3) is 15.3. The lowest BCUT2D eigenvalue weighted by atomic mass is 9.82. The van der Waals surface area contributed by atoms with Gasteiger partial charge >= 0.3 is 5.97 Å². The number of esters is 1. The summed E-state index contributed by atoms with van der Waals surface area (Å²) in [5.41, 5.74) is 1.33. The number of aliphatic hydroxyl groups excluding tert-OH is 10. The maximum Gasteiger partial charge on any atom is 0.333 e. The molecule has 1 fully saturated rings. The normalized spacial score (nSPS) is 28.5. The first-order valence-corrected chi connectivity index (χ1v) is 19.3. The van der Waals surface area contributed by atoms with E-state index in [1.165, 1.54) is 13.0 Å². The Morgan fingerprint density at radius 3 is 1.78 bits per heavy atom. The lowest BCUT2D eigenvalue weighted by Crippen LogP contribution is -2.60. The summed E-state index contributed by atoms with van der Waals surface area (Å²) in [5.74, 6) is -1.23. The fraction of sp³-hybridized carbons (Fsp3) is 0.825. The molecule has 0 aromatic carbocycles. The van der Waals surface area contributed by atoms with Crippen LogP contribution in [0, 0.1) is 35.5 Å². The molecule has 1 rings (SSSR count). The largest absolute Gasteiger partial charge is 0.459 e. The molecule has 1 aliphatic heterocycles. The Balaban J connectivity index is 3.13. The van der Waals surface area contributed by atoms with E-state index in [0.29, 0.717) is 23.0 Å². The first-order valence-electron chi connectivity index (χ1n) is 19.3. The summed E-state index contributed by atoms with van der Waals surface area (Å²) in [6.07, 6.45) is -6.45. The third-order valence-electron chi connectivity index (χ3n) is 10.7. The summed E-state index contributed by atoms with van der Waals surface area (Å²) in [5, 5.41) is 102. The van der Waals surface area contributed by atoms with E-state index in [0.717, 1.165) is 19.3 Å². The first kappa shape index (κ1) is 50.2. The topological polar surface area (TPSA) is 247 Å². The van der Waals surface area contributed by atoms with Gasteiger partial charge in [0.05, 0.1) is 31.5 Å². The van der Waals surface area contributed by atoms with E-state index in [1.807, 2.05) is 19.9 Å². The van der Waals surface area contributed by atoms with Crippen LogP contribution in [0.1, 0.15) is 88.5 Å². The summed E-state index contributed by atoms with van der Waals surface area (Å²) in [4.78, 5) is 12.5. The van der Waals surface area contributed by atoms with Crippen molar-refractivity contribution in [2.24, 2.45) is 35.5 Å². The first-order chi connectivity index (χ1) is 25.1. The van der Waals surface area contributed by atoms with Crippen LogP contribution < -0.4 is 0 Å². The summed E-state index contributed by atoms with van der Waals surface area (Å²) in [7, 11) is 0. The van der Waals surface area contributed by atoms with E-state index < -0.39 is 105 Å². The molecule has 1 heterocycles. The molecule has 0 radical (unpaired) electrons. The highest BCUT2D eigenvalue weighted by atomic mass is 16.7. The van der Waals surface area contributed by atoms with Gasteiger partial charge in [-0.1, -0.05) is 73.1 Å². The van der Waals surface area contributed by atoms with Gasteiger partial charge in [-0.15, -0.1) is 0 Å². The van der Waals surface area contributed by atoms with E-state index in [1.54, 1.807) is 33.8 Å². The molecule has 0 aromatic heterocycles. The Bertz CT molecular complexity index is 1190. The number of carbonyl (C=O) groups excluding carboxylic acids is 1. The summed E-state index contributed by atoms with van der Waals surface area (Å²) >= 11 is 0. The Kier molecular flexibility index (Phi) is 22.4. The molecule has 17 unspecified atom stereocenters. The number of carbonyl (C=O) groups is 1. The average molecular weight is 777 g/mol. The number of rotatable bonds is 23. The lowest BCUT2D eigenvalue weighted by molar-refractivity contribution is -0.317. The highest BCUT2D eigenvalue weighted by Gasteiger charge is 2.45. The molecule has 10 N–H and O–H groups in total. The molecule has 1 saturated heterocycles. The quantitative estimate of drug-likeness (QED) is 0.0400. The Labute approximate surface area is 321 Å². The molecular weight excluding hydrogens is 704 g/mol. The van der Waals surface area contributed by atoms with Crippen molar-refractivity contribution in [3.63, 3.8) is 0 Å². The maximum absolute atomic E-state index is 12.5. The third-order valence-corrected chi connectivity index (χ3v) is 10.7. The smallest absolute Gasteiger partial charge is 0.333 e. The van der Waals surface area contributed by atoms with Crippen LogP contribution in [0.25, 0.3) is 0 Å². The molecule has 17 atom stereocenters. The second kappa shape index (κ2) is 24.1. The molecule has 0 aromatic rings. The van der Waals surface area contributed by atoms with Crippen molar-refractivity contribution in [2.75, 3.05) is 19.8 Å². The zero-order chi connectivity index (χ0) is 41.6. The van der Waals surface area contributed by atoms with Crippen LogP contribution in [-0.2, 0) is 19.0 Å². The Morgan fingerprint density at radius 1 is 0.722 bits per heavy atom. The van der Waals surface area contributed by atoms with Gasteiger partial charge in [0.15, 0.2) is 6.29 Å². The standard InChI is InChI=1S/C40H72O14/c1-11-20(2)12-21(3)13-26(8)38(54-40-37(50)36(49)35(48)31(18-42)53-40)27(9)15-24(6)32(45)22(4)14-23(5)33(46)25(7)16-28(10)39(51)52-19-30(44)34(47)29(43)17-41/h14-16,20-22,25-27,29-38,40-50H,11-13,17-19H2,1-10H3/b23-14+,24-15+,28-16+. The minimum atomic E-state index is -1.71. The van der Waals surface area contributed by atoms with Gasteiger partial charge in [0.2, 0.25) is 0 Å². The van der Waals surface area contributed by atoms with E-state index >= 15 is 0 Å². The molecule has 14 nitrogen and oxygen atoms in total. The predicted octanol–water partition coefficient (Wildman–Crippen LogP) is 1.36. The second-order valence-electron chi connectivity index (χ2n) is 15.9. The molecule has 1 aliphatic rings. The molecule has 0 saturated carbocycles. The second-order valence-corrected chi connectivity index (χ2v) is 15.9. The summed E-state index contributed by atoms with van der Waals surface area (Å²) in [6, 6.07) is 0. The van der Waals surface area contributed by atoms with Gasteiger partial charge in [0.1, 0.15) is 49.3 Å². The minimum Gasteiger partial charge on any atom is -0.459 e. The van der Waals surface area contributed by atoms with Crippen LogP contribution in [0.4, 0.5) is 0 Å². The predicted molar refractivity (Wildman–Crippen MR) is 202 cm³/mol. The molecule has 0 aliphatic carbocycles. The van der Waals surface area contributed by atoms with Gasteiger partial charge in [-0.25, -0.2) is 4.79 Å². The van der Waals surface area contributed by atoms with Crippen molar-refractivity contribution in [2.45, 2.75) is 156 Å². The van der Waals surface area contributed by atoms with Gasteiger partial charge in [0.25, 0.3) is 0 Å². The monoisotopic (exact) mass is 776 g/mol. The summed E-state index contributed by atoms with van der Waals surface area (Å²) < 4.78 is 17.1. The van der Waals surface area contributed by atoms with Gasteiger partial charge < -0.3 is 65.3 Å². The van der Waals surface area contributed by atoms with Gasteiger partial charge in [-0.2, -0.15) is 0 Å². The number of hydrogen-bond acceptors (Lipinski definition) is 14. The number of ether oxygens (including phenoxy) is 3. The molecular formula is C40H72O14. The SMILES string of the molecule is CCC(C)CC(C)CC(C)C(OC1OC(CO)C(O)C(O)C1O)C(C)/C=C(\C)C(O)C(C)/C=C(\C)C(O)C(C)/C=C(\C)C(=O)OCC(O)C(O)C(O)CO.